The van der Waals surface area contributed by atoms with Crippen molar-refractivity contribution in [2.24, 2.45) is 0 Å². The number of hydrogen-bond acceptors (Lipinski definition) is 6. The Morgan fingerprint density at radius 2 is 1.84 bits per heavy atom. The first-order valence-corrected chi connectivity index (χ1v) is 10.1. The third-order valence-corrected chi connectivity index (χ3v) is 5.84. The summed E-state index contributed by atoms with van der Waals surface area (Å²) in [6.45, 7) is 2.93. The van der Waals surface area contributed by atoms with Gasteiger partial charge in [-0.3, -0.25) is 14.5 Å². The monoisotopic (exact) mass is 422 g/mol. The van der Waals surface area contributed by atoms with Crippen LogP contribution in [0.3, 0.4) is 0 Å². The van der Waals surface area contributed by atoms with E-state index in [2.05, 4.69) is 5.32 Å². The Kier molecular flexibility index (Phi) is 5.22. The molecule has 1 saturated heterocycles. The van der Waals surface area contributed by atoms with Crippen LogP contribution < -0.4 is 10.9 Å². The number of hydrogen-bond donors (Lipinski definition) is 1. The molecule has 0 aliphatic carbocycles. The van der Waals surface area contributed by atoms with Crippen LogP contribution in [0.5, 0.6) is 0 Å². The van der Waals surface area contributed by atoms with Gasteiger partial charge in [0.25, 0.3) is 5.91 Å². The molecular formula is C23H22N2O6. The van der Waals surface area contributed by atoms with Crippen LogP contribution in [0, 0.1) is 0 Å². The fourth-order valence-corrected chi connectivity index (χ4v) is 4.02. The summed E-state index contributed by atoms with van der Waals surface area (Å²) in [4.78, 5) is 50.2. The molecule has 1 aliphatic rings. The van der Waals surface area contributed by atoms with Crippen molar-refractivity contribution in [1.82, 2.24) is 10.2 Å². The second-order valence-corrected chi connectivity index (χ2v) is 7.52. The van der Waals surface area contributed by atoms with E-state index in [-0.39, 0.29) is 6.61 Å². The Hall–Kier alpha value is -3.68. The Labute approximate surface area is 177 Å². The van der Waals surface area contributed by atoms with E-state index in [0.717, 1.165) is 15.7 Å². The molecule has 1 aliphatic heterocycles. The first kappa shape index (κ1) is 20.6. The first-order valence-electron chi connectivity index (χ1n) is 10.1. The molecule has 3 aromatic rings. The number of nitrogens with zero attached hydrogens (tertiary/aromatic N) is 1. The predicted octanol–water partition coefficient (Wildman–Crippen LogP) is 3.10. The van der Waals surface area contributed by atoms with E-state index in [1.165, 1.54) is 6.07 Å². The average Bonchev–Trinajstić information content (AvgIpc) is 3.01. The van der Waals surface area contributed by atoms with Crippen LogP contribution in [0.2, 0.25) is 0 Å². The van der Waals surface area contributed by atoms with Gasteiger partial charge in [0.1, 0.15) is 24.3 Å². The van der Waals surface area contributed by atoms with Gasteiger partial charge in [0.15, 0.2) is 0 Å². The molecular weight excluding hydrogens is 400 g/mol. The van der Waals surface area contributed by atoms with Crippen molar-refractivity contribution >= 4 is 39.6 Å². The molecule has 160 valence electrons. The summed E-state index contributed by atoms with van der Waals surface area (Å²) < 4.78 is 10.6. The number of carbonyl (C=O) groups excluding carboxylic acids is 3. The Morgan fingerprint density at radius 1 is 1.10 bits per heavy atom. The molecule has 0 unspecified atom stereocenters. The number of ether oxygens (including phenoxy) is 1. The fraction of sp³-hybridized carbons (Fsp3) is 0.304. The lowest BCUT2D eigenvalue weighted by Crippen LogP contribution is -2.46. The van der Waals surface area contributed by atoms with Gasteiger partial charge in [0.05, 0.1) is 0 Å². The van der Waals surface area contributed by atoms with Crippen LogP contribution in [0.15, 0.2) is 51.7 Å². The lowest BCUT2D eigenvalue weighted by Gasteiger charge is -2.22. The maximum absolute atomic E-state index is 12.7. The highest BCUT2D eigenvalue weighted by atomic mass is 16.5. The van der Waals surface area contributed by atoms with Crippen molar-refractivity contribution in [2.75, 3.05) is 6.54 Å². The lowest BCUT2D eigenvalue weighted by molar-refractivity contribution is -0.148. The van der Waals surface area contributed by atoms with Gasteiger partial charge in [0, 0.05) is 17.0 Å². The van der Waals surface area contributed by atoms with E-state index in [1.807, 2.05) is 30.3 Å². The maximum Gasteiger partial charge on any atom is 0.336 e. The molecule has 31 heavy (non-hydrogen) atoms. The number of esters is 1. The zero-order valence-electron chi connectivity index (χ0n) is 17.3. The second kappa shape index (κ2) is 7.86. The summed E-state index contributed by atoms with van der Waals surface area (Å²) in [5, 5.41) is 5.16. The highest BCUT2D eigenvalue weighted by Gasteiger charge is 2.49. The highest BCUT2D eigenvalue weighted by molar-refractivity contribution is 6.09. The molecule has 0 bridgehead atoms. The molecule has 2 heterocycles. The van der Waals surface area contributed by atoms with Crippen LogP contribution in [0.1, 0.15) is 32.3 Å². The van der Waals surface area contributed by atoms with E-state index in [9.17, 15) is 19.2 Å². The van der Waals surface area contributed by atoms with Gasteiger partial charge in [-0.05, 0) is 29.7 Å². The topological polar surface area (TPSA) is 106 Å². The van der Waals surface area contributed by atoms with Crippen LogP contribution >= 0.6 is 0 Å². The van der Waals surface area contributed by atoms with Gasteiger partial charge in [-0.25, -0.2) is 9.59 Å². The average molecular weight is 422 g/mol. The molecule has 1 N–H and O–H groups in total. The van der Waals surface area contributed by atoms with Gasteiger partial charge in [0.2, 0.25) is 0 Å². The van der Waals surface area contributed by atoms with Gasteiger partial charge < -0.3 is 14.5 Å². The SMILES string of the molecule is CCC1(CC)NC(=O)N(CC(=O)OCc2cc(=O)oc3ccc4ccccc4c23)C1=O. The number of rotatable bonds is 6. The molecule has 0 saturated carbocycles. The van der Waals surface area contributed by atoms with Crippen molar-refractivity contribution in [3.05, 3.63) is 58.4 Å². The molecule has 4 rings (SSSR count). The largest absolute Gasteiger partial charge is 0.459 e. The quantitative estimate of drug-likeness (QED) is 0.283. The van der Waals surface area contributed by atoms with E-state index in [1.54, 1.807) is 19.9 Å². The number of carbonyl (C=O) groups is 3. The molecule has 0 atom stereocenters. The Balaban J connectivity index is 1.57. The minimum Gasteiger partial charge on any atom is -0.459 e. The smallest absolute Gasteiger partial charge is 0.336 e. The van der Waals surface area contributed by atoms with Crippen molar-refractivity contribution in [3.63, 3.8) is 0 Å². The third kappa shape index (κ3) is 3.54. The number of fused-ring (bicyclic) bond motifs is 3. The molecule has 0 radical (unpaired) electrons. The summed E-state index contributed by atoms with van der Waals surface area (Å²) in [5.74, 6) is -1.18. The Bertz CT molecular complexity index is 1260. The zero-order chi connectivity index (χ0) is 22.2. The highest BCUT2D eigenvalue weighted by Crippen LogP contribution is 2.28. The molecule has 8 nitrogen and oxygen atoms in total. The van der Waals surface area contributed by atoms with Crippen LogP contribution in [-0.2, 0) is 20.9 Å². The van der Waals surface area contributed by atoms with Crippen LogP contribution in [0.4, 0.5) is 4.79 Å². The van der Waals surface area contributed by atoms with Crippen molar-refractivity contribution in [2.45, 2.75) is 38.8 Å². The van der Waals surface area contributed by atoms with Gasteiger partial charge in [-0.1, -0.05) is 44.2 Å². The van der Waals surface area contributed by atoms with Gasteiger partial charge in [-0.2, -0.15) is 0 Å². The van der Waals surface area contributed by atoms with E-state index in [0.29, 0.717) is 29.4 Å². The summed E-state index contributed by atoms with van der Waals surface area (Å²) in [7, 11) is 0. The third-order valence-electron chi connectivity index (χ3n) is 5.84. The number of urea groups is 1. The second-order valence-electron chi connectivity index (χ2n) is 7.52. The van der Waals surface area contributed by atoms with E-state index in [4.69, 9.17) is 9.15 Å². The van der Waals surface area contributed by atoms with E-state index < -0.39 is 35.6 Å². The molecule has 3 amide bonds. The van der Waals surface area contributed by atoms with Gasteiger partial charge in [-0.15, -0.1) is 0 Å². The van der Waals surface area contributed by atoms with Crippen LogP contribution in [0.25, 0.3) is 21.7 Å². The number of benzene rings is 2. The first-order chi connectivity index (χ1) is 14.9. The molecule has 2 aromatic carbocycles. The van der Waals surface area contributed by atoms with E-state index >= 15 is 0 Å². The van der Waals surface area contributed by atoms with Gasteiger partial charge >= 0.3 is 17.6 Å². The molecule has 1 fully saturated rings. The predicted molar refractivity (Wildman–Crippen MR) is 113 cm³/mol. The number of amides is 3. The normalized spacial score (nSPS) is 15.5. The zero-order valence-corrected chi connectivity index (χ0v) is 17.3. The van der Waals surface area contributed by atoms with Crippen LogP contribution in [-0.4, -0.2) is 34.9 Å². The Morgan fingerprint density at radius 3 is 2.55 bits per heavy atom. The van der Waals surface area contributed by atoms with Crippen molar-refractivity contribution < 1.29 is 23.5 Å². The minimum absolute atomic E-state index is 0.189. The molecule has 8 heteroatoms. The van der Waals surface area contributed by atoms with Crippen molar-refractivity contribution in [1.29, 1.82) is 0 Å². The summed E-state index contributed by atoms with van der Waals surface area (Å²) in [6.07, 6.45) is 0.858. The summed E-state index contributed by atoms with van der Waals surface area (Å²) >= 11 is 0. The van der Waals surface area contributed by atoms with Crippen molar-refractivity contribution in [3.8, 4) is 0 Å². The maximum atomic E-state index is 12.7. The fourth-order valence-electron chi connectivity index (χ4n) is 4.02. The number of imide groups is 1. The molecule has 1 aromatic heterocycles. The number of nitrogens with one attached hydrogen (secondary N) is 1. The standard InChI is InChI=1S/C23H22N2O6/c1-3-23(4-2)21(28)25(22(29)24-23)12-19(27)30-13-15-11-18(26)31-17-10-9-14-7-5-6-8-16(14)20(15)17/h5-11H,3-4,12-13H2,1-2H3,(H,24,29). The lowest BCUT2D eigenvalue weighted by atomic mass is 9.93. The summed E-state index contributed by atoms with van der Waals surface area (Å²) in [6, 6.07) is 11.8. The minimum atomic E-state index is -0.981. The summed E-state index contributed by atoms with van der Waals surface area (Å²) in [5.41, 5.74) is -0.657. The molecule has 0 spiro atoms.